The number of carbonyl (C=O) groups is 3. The molecule has 0 bridgehead atoms. The third kappa shape index (κ3) is 7.87. The summed E-state index contributed by atoms with van der Waals surface area (Å²) in [4.78, 5) is 36.4. The van der Waals surface area contributed by atoms with Crippen LogP contribution in [0.5, 0.6) is 5.75 Å². The molecule has 2 rings (SSSR count). The Morgan fingerprint density at radius 2 is 1.72 bits per heavy atom. The van der Waals surface area contributed by atoms with Crippen molar-refractivity contribution in [2.24, 2.45) is 0 Å². The van der Waals surface area contributed by atoms with Crippen LogP contribution < -0.4 is 15.4 Å². The van der Waals surface area contributed by atoms with E-state index >= 15 is 0 Å². The molecular weight excluding hydrogens is 392 g/mol. The average Bonchev–Trinajstić information content (AvgIpc) is 2.75. The van der Waals surface area contributed by atoms with Crippen LogP contribution in [-0.4, -0.2) is 43.8 Å². The van der Waals surface area contributed by atoms with Gasteiger partial charge in [0, 0.05) is 10.6 Å². The van der Waals surface area contributed by atoms with Gasteiger partial charge in [0.05, 0.1) is 19.4 Å². The first-order valence-electron chi connectivity index (χ1n) is 9.08. The minimum Gasteiger partial charge on any atom is -0.497 e. The summed E-state index contributed by atoms with van der Waals surface area (Å²) in [7, 11) is 1.58. The number of rotatable bonds is 10. The number of thioether (sulfide) groups is 1. The first kappa shape index (κ1) is 22.3. The van der Waals surface area contributed by atoms with E-state index in [0.29, 0.717) is 0 Å². The molecule has 0 fully saturated rings. The van der Waals surface area contributed by atoms with Crippen LogP contribution in [0.1, 0.15) is 12.5 Å². The van der Waals surface area contributed by atoms with Crippen LogP contribution in [0, 0.1) is 0 Å². The number of methoxy groups -OCH3 is 1. The van der Waals surface area contributed by atoms with Crippen molar-refractivity contribution in [1.29, 1.82) is 0 Å². The van der Waals surface area contributed by atoms with E-state index in [1.54, 1.807) is 25.3 Å². The normalized spacial score (nSPS) is 10.1. The number of ether oxygens (including phenoxy) is 2. The van der Waals surface area contributed by atoms with E-state index in [0.717, 1.165) is 28.3 Å². The molecule has 2 aromatic carbocycles. The molecule has 0 atom stereocenters. The molecule has 0 unspecified atom stereocenters. The maximum atomic E-state index is 12.0. The molecule has 0 aromatic heterocycles. The molecule has 0 radical (unpaired) electrons. The lowest BCUT2D eigenvalue weighted by Gasteiger charge is -2.10. The Bertz CT molecular complexity index is 839. The number of carbonyl (C=O) groups excluding carboxylic acids is 3. The molecule has 0 spiro atoms. The standard InChI is InChI=1S/C21H24N2O5S/c1-3-15-6-4-5-7-18(15)23-19(24)12-22-20(25)13-28-21(26)14-29-17-10-8-16(27-2)9-11-17/h4-11H,3,12-14H2,1-2H3,(H,22,25)(H,23,24). The molecule has 0 aliphatic rings. The zero-order valence-electron chi connectivity index (χ0n) is 16.4. The van der Waals surface area contributed by atoms with Gasteiger partial charge in [0.1, 0.15) is 5.75 Å². The molecule has 2 N–H and O–H groups in total. The predicted molar refractivity (Wildman–Crippen MR) is 112 cm³/mol. The van der Waals surface area contributed by atoms with Crippen LogP contribution in [-0.2, 0) is 25.5 Å². The molecule has 8 heteroatoms. The second-order valence-corrected chi connectivity index (χ2v) is 7.01. The van der Waals surface area contributed by atoms with Gasteiger partial charge in [-0.25, -0.2) is 0 Å². The third-order valence-corrected chi connectivity index (χ3v) is 4.88. The topological polar surface area (TPSA) is 93.7 Å². The van der Waals surface area contributed by atoms with Crippen LogP contribution in [0.2, 0.25) is 0 Å². The van der Waals surface area contributed by atoms with Gasteiger partial charge in [-0.3, -0.25) is 14.4 Å². The van der Waals surface area contributed by atoms with Gasteiger partial charge in [-0.15, -0.1) is 11.8 Å². The lowest BCUT2D eigenvalue weighted by Crippen LogP contribution is -2.35. The zero-order valence-corrected chi connectivity index (χ0v) is 17.2. The number of aryl methyl sites for hydroxylation is 1. The van der Waals surface area contributed by atoms with E-state index in [9.17, 15) is 14.4 Å². The van der Waals surface area contributed by atoms with Crippen molar-refractivity contribution in [2.45, 2.75) is 18.2 Å². The minimum absolute atomic E-state index is 0.0773. The van der Waals surface area contributed by atoms with Gasteiger partial charge in [-0.1, -0.05) is 25.1 Å². The largest absolute Gasteiger partial charge is 0.497 e. The molecule has 7 nitrogen and oxygen atoms in total. The number of hydrogen-bond acceptors (Lipinski definition) is 6. The van der Waals surface area contributed by atoms with Crippen molar-refractivity contribution in [3.63, 3.8) is 0 Å². The summed E-state index contributed by atoms with van der Waals surface area (Å²) in [6, 6.07) is 14.7. The van der Waals surface area contributed by atoms with Crippen LogP contribution in [0.25, 0.3) is 0 Å². The van der Waals surface area contributed by atoms with Crippen molar-refractivity contribution >= 4 is 35.2 Å². The van der Waals surface area contributed by atoms with E-state index in [1.165, 1.54) is 11.8 Å². The summed E-state index contributed by atoms with van der Waals surface area (Å²) in [5, 5.41) is 5.19. The summed E-state index contributed by atoms with van der Waals surface area (Å²) in [6.45, 7) is 1.36. The van der Waals surface area contributed by atoms with Gasteiger partial charge >= 0.3 is 5.97 Å². The van der Waals surface area contributed by atoms with Crippen molar-refractivity contribution in [3.8, 4) is 5.75 Å². The Morgan fingerprint density at radius 1 is 1.00 bits per heavy atom. The van der Waals surface area contributed by atoms with Crippen molar-refractivity contribution in [3.05, 3.63) is 54.1 Å². The van der Waals surface area contributed by atoms with Crippen molar-refractivity contribution in [1.82, 2.24) is 5.32 Å². The lowest BCUT2D eigenvalue weighted by molar-refractivity contribution is -0.146. The van der Waals surface area contributed by atoms with E-state index in [1.807, 2.05) is 37.3 Å². The molecule has 154 valence electrons. The molecule has 0 saturated heterocycles. The number of hydrogen-bond donors (Lipinski definition) is 2. The molecule has 2 amide bonds. The number of para-hydroxylation sites is 1. The number of esters is 1. The summed E-state index contributed by atoms with van der Waals surface area (Å²) in [5.74, 6) is -0.584. The Balaban J connectivity index is 1.65. The molecular formula is C21H24N2O5S. The molecule has 0 heterocycles. The highest BCUT2D eigenvalue weighted by Crippen LogP contribution is 2.21. The number of anilines is 1. The number of amides is 2. The average molecular weight is 416 g/mol. The zero-order chi connectivity index (χ0) is 21.1. The fourth-order valence-electron chi connectivity index (χ4n) is 2.38. The lowest BCUT2D eigenvalue weighted by atomic mass is 10.1. The molecule has 29 heavy (non-hydrogen) atoms. The van der Waals surface area contributed by atoms with Gasteiger partial charge in [0.15, 0.2) is 6.61 Å². The second kappa shape index (κ2) is 11.8. The third-order valence-electron chi connectivity index (χ3n) is 3.90. The predicted octanol–water partition coefficient (Wildman–Crippen LogP) is 2.65. The fourth-order valence-corrected chi connectivity index (χ4v) is 3.07. The van der Waals surface area contributed by atoms with Gasteiger partial charge in [0.2, 0.25) is 5.91 Å². The minimum atomic E-state index is -0.535. The van der Waals surface area contributed by atoms with E-state index in [2.05, 4.69) is 10.6 Å². The van der Waals surface area contributed by atoms with Crippen molar-refractivity contribution in [2.75, 3.05) is 31.3 Å². The van der Waals surface area contributed by atoms with E-state index < -0.39 is 18.5 Å². The van der Waals surface area contributed by atoms with E-state index in [-0.39, 0.29) is 18.2 Å². The second-order valence-electron chi connectivity index (χ2n) is 5.96. The highest BCUT2D eigenvalue weighted by Gasteiger charge is 2.11. The Hall–Kier alpha value is -3.00. The Morgan fingerprint density at radius 3 is 2.41 bits per heavy atom. The summed E-state index contributed by atoms with van der Waals surface area (Å²) < 4.78 is 10.00. The van der Waals surface area contributed by atoms with E-state index in [4.69, 9.17) is 9.47 Å². The van der Waals surface area contributed by atoms with Gasteiger partial charge in [-0.05, 0) is 42.3 Å². The Labute approximate surface area is 174 Å². The SMILES string of the molecule is CCc1ccccc1NC(=O)CNC(=O)COC(=O)CSc1ccc(OC)cc1. The highest BCUT2D eigenvalue weighted by molar-refractivity contribution is 8.00. The summed E-state index contributed by atoms with van der Waals surface area (Å²) >= 11 is 1.30. The highest BCUT2D eigenvalue weighted by atomic mass is 32.2. The summed E-state index contributed by atoms with van der Waals surface area (Å²) in [5.41, 5.74) is 1.73. The van der Waals surface area contributed by atoms with Gasteiger partial charge < -0.3 is 20.1 Å². The number of benzene rings is 2. The van der Waals surface area contributed by atoms with Crippen LogP contribution in [0.15, 0.2) is 53.4 Å². The number of nitrogens with one attached hydrogen (secondary N) is 2. The van der Waals surface area contributed by atoms with Gasteiger partial charge in [-0.2, -0.15) is 0 Å². The van der Waals surface area contributed by atoms with Crippen molar-refractivity contribution < 1.29 is 23.9 Å². The molecule has 0 saturated carbocycles. The maximum absolute atomic E-state index is 12.0. The maximum Gasteiger partial charge on any atom is 0.316 e. The molecule has 0 aliphatic heterocycles. The monoisotopic (exact) mass is 416 g/mol. The van der Waals surface area contributed by atoms with Crippen LogP contribution in [0.3, 0.4) is 0 Å². The smallest absolute Gasteiger partial charge is 0.316 e. The van der Waals surface area contributed by atoms with Crippen LogP contribution in [0.4, 0.5) is 5.69 Å². The molecule has 0 aliphatic carbocycles. The summed E-state index contributed by atoms with van der Waals surface area (Å²) in [6.07, 6.45) is 0.785. The first-order valence-corrected chi connectivity index (χ1v) is 10.1. The fraction of sp³-hybridized carbons (Fsp3) is 0.286. The molecule has 2 aromatic rings. The van der Waals surface area contributed by atoms with Gasteiger partial charge in [0.25, 0.3) is 5.91 Å². The Kier molecular flexibility index (Phi) is 9.04. The first-order chi connectivity index (χ1) is 14.0. The van der Waals surface area contributed by atoms with Crippen LogP contribution >= 0.6 is 11.8 Å². The quantitative estimate of drug-likeness (QED) is 0.457.